The van der Waals surface area contributed by atoms with E-state index >= 15 is 0 Å². The quantitative estimate of drug-likeness (QED) is 0.0282. The highest BCUT2D eigenvalue weighted by Gasteiger charge is 2.45. The second-order valence-electron chi connectivity index (χ2n) is 18.8. The molecule has 74 heavy (non-hydrogen) atoms. The lowest BCUT2D eigenvalue weighted by Crippen LogP contribution is -2.63. The van der Waals surface area contributed by atoms with Gasteiger partial charge in [0.1, 0.15) is 0 Å². The molecule has 0 saturated carbocycles. The predicted octanol–water partition coefficient (Wildman–Crippen LogP) is 11.0. The van der Waals surface area contributed by atoms with E-state index in [-0.39, 0.29) is 0 Å². The molecular weight excluding hydrogens is 1150 g/mol. The molecule has 0 heterocycles. The Balaban J connectivity index is 0.000000967. The zero-order valence-electron chi connectivity index (χ0n) is 47.5. The fourth-order valence-electron chi connectivity index (χ4n) is 7.10. The van der Waals surface area contributed by atoms with Crippen LogP contribution in [0.3, 0.4) is 0 Å². The van der Waals surface area contributed by atoms with E-state index in [9.17, 15) is 0 Å². The van der Waals surface area contributed by atoms with Gasteiger partial charge in [-0.05, 0) is 102 Å². The Morgan fingerprint density at radius 3 is 0.838 bits per heavy atom. The monoisotopic (exact) mass is 1250 g/mol. The van der Waals surface area contributed by atoms with E-state index in [0.717, 1.165) is 60.2 Å². The zero-order chi connectivity index (χ0) is 56.1. The van der Waals surface area contributed by atoms with Crippen molar-refractivity contribution in [3.63, 3.8) is 0 Å². The van der Waals surface area contributed by atoms with Crippen molar-refractivity contribution in [2.45, 2.75) is 119 Å². The molecule has 0 aliphatic rings. The fourth-order valence-corrected chi connectivity index (χ4v) is 32.5. The third-order valence-corrected chi connectivity index (χ3v) is 32.0. The Morgan fingerprint density at radius 2 is 0.514 bits per heavy atom. The van der Waals surface area contributed by atoms with Gasteiger partial charge in [0.2, 0.25) is 0 Å². The molecule has 0 saturated heterocycles. The van der Waals surface area contributed by atoms with Gasteiger partial charge < -0.3 is 52.2 Å². The number of thiol groups is 5. The first-order valence-electron chi connectivity index (χ1n) is 26.1. The molecule has 0 amide bonds. The van der Waals surface area contributed by atoms with Gasteiger partial charge in [0.25, 0.3) is 0 Å². The first-order chi connectivity index (χ1) is 35.0. The molecule has 0 radical (unpaired) electrons. The van der Waals surface area contributed by atoms with Gasteiger partial charge in [0, 0.05) is 93.4 Å². The van der Waals surface area contributed by atoms with E-state index < -0.39 is 60.2 Å². The second-order valence-corrected chi connectivity index (χ2v) is 44.2. The summed E-state index contributed by atoms with van der Waals surface area (Å²) >= 11 is 21.0. The van der Waals surface area contributed by atoms with Crippen molar-refractivity contribution in [2.75, 3.05) is 88.2 Å². The van der Waals surface area contributed by atoms with Crippen LogP contribution in [-0.2, 0) is 52.2 Å². The predicted molar refractivity (Wildman–Crippen MR) is 344 cm³/mol. The van der Waals surface area contributed by atoms with Crippen molar-refractivity contribution in [1.82, 2.24) is 0 Å². The highest BCUT2D eigenvalue weighted by atomic mass is 32.1. The summed E-state index contributed by atoms with van der Waals surface area (Å²) in [7, 11) is -16.0. The highest BCUT2D eigenvalue weighted by molar-refractivity contribution is 7.80. The lowest BCUT2D eigenvalue weighted by molar-refractivity contribution is 0.0832. The maximum atomic E-state index is 6.34. The minimum absolute atomic E-state index is 0.514. The summed E-state index contributed by atoms with van der Waals surface area (Å²) in [5.74, 6) is 3.41. The van der Waals surface area contributed by atoms with Crippen LogP contribution in [0.5, 0.6) is 0 Å². The Bertz CT molecular complexity index is 1680. The largest absolute Gasteiger partial charge is 0.537 e. The third-order valence-electron chi connectivity index (χ3n) is 9.47. The van der Waals surface area contributed by atoms with Gasteiger partial charge >= 0.3 is 60.2 Å². The molecule has 0 bridgehead atoms. The van der Waals surface area contributed by atoms with Gasteiger partial charge in [-0.25, -0.2) is 0 Å². The van der Waals surface area contributed by atoms with Crippen LogP contribution in [0.4, 0.5) is 0 Å². The average molecular weight is 1250 g/mol. The van der Waals surface area contributed by atoms with E-state index in [1.807, 2.05) is 66.7 Å². The van der Waals surface area contributed by atoms with E-state index in [4.69, 9.17) is 52.2 Å². The maximum absolute atomic E-state index is 6.34. The van der Waals surface area contributed by atoms with Gasteiger partial charge in [-0.15, -0.1) is 0 Å². The molecule has 0 N–H and O–H groups in total. The third kappa shape index (κ3) is 33.3. The zero-order valence-corrected chi connectivity index (χ0v) is 59.0. The molecule has 12 nitrogen and oxygen atoms in total. The normalized spacial score (nSPS) is 12.5. The van der Waals surface area contributed by atoms with Crippen LogP contribution >= 0.6 is 63.1 Å². The van der Waals surface area contributed by atoms with E-state index in [2.05, 4.69) is 181 Å². The topological polar surface area (TPSA) is 111 Å². The second kappa shape index (κ2) is 41.4. The Morgan fingerprint density at radius 1 is 0.284 bits per heavy atom. The smallest absolute Gasteiger partial charge is 0.415 e. The van der Waals surface area contributed by atoms with Crippen LogP contribution in [0.2, 0.25) is 65.5 Å². The summed E-state index contributed by atoms with van der Waals surface area (Å²) < 4.78 is 72.0. The van der Waals surface area contributed by atoms with Gasteiger partial charge in [-0.1, -0.05) is 119 Å². The van der Waals surface area contributed by atoms with Crippen molar-refractivity contribution < 1.29 is 52.2 Å². The SMILES string of the molecule is CCCO[Si](C)(C)O[Si](C)(C)OCCS.CCCO[Si](C)(C)O[Si](C)(C)O[Si](C)(C)OCCS.CCCO[Si](OCCS)(OCCS)c1ccccc1.CCCO[Si](OCCS)(c1ccccc1)c1ccccc1. The first kappa shape index (κ1) is 74.4. The Hall–Kier alpha value is 0.448. The van der Waals surface area contributed by atoms with Crippen LogP contribution in [-0.4, -0.2) is 148 Å². The van der Waals surface area contributed by atoms with Gasteiger partial charge in [0.05, 0.1) is 0 Å². The molecule has 3 aromatic rings. The molecule has 24 heteroatoms. The summed E-state index contributed by atoms with van der Waals surface area (Å²) in [6.45, 7) is 34.8. The number of rotatable bonds is 36. The Kier molecular flexibility index (Phi) is 41.7. The first-order valence-corrected chi connectivity index (χ1v) is 46.8. The van der Waals surface area contributed by atoms with E-state index in [1.54, 1.807) is 0 Å². The molecule has 0 aliphatic heterocycles. The molecule has 3 rings (SSSR count). The van der Waals surface area contributed by atoms with Crippen molar-refractivity contribution in [2.24, 2.45) is 0 Å². The van der Waals surface area contributed by atoms with Crippen LogP contribution in [0.1, 0.15) is 53.4 Å². The van der Waals surface area contributed by atoms with E-state index in [1.165, 1.54) is 0 Å². The van der Waals surface area contributed by atoms with Crippen LogP contribution in [0.15, 0.2) is 91.0 Å². The summed E-state index contributed by atoms with van der Waals surface area (Å²) in [6, 6.07) is 30.5. The lowest BCUT2D eigenvalue weighted by atomic mass is 10.4. The molecule has 0 aromatic heterocycles. The van der Waals surface area contributed by atoms with Crippen molar-refractivity contribution in [3.05, 3.63) is 91.0 Å². The van der Waals surface area contributed by atoms with Crippen LogP contribution in [0, 0.1) is 0 Å². The molecule has 3 aromatic carbocycles. The van der Waals surface area contributed by atoms with Gasteiger partial charge in [-0.2, -0.15) is 63.1 Å². The highest BCUT2D eigenvalue weighted by Crippen LogP contribution is 2.22. The van der Waals surface area contributed by atoms with Gasteiger partial charge in [-0.3, -0.25) is 0 Å². The summed E-state index contributed by atoms with van der Waals surface area (Å²) in [5.41, 5.74) is 0. The maximum Gasteiger partial charge on any atom is 0.537 e. The number of hydrogen-bond acceptors (Lipinski definition) is 17. The average Bonchev–Trinajstić information content (AvgIpc) is 3.37. The minimum atomic E-state index is -2.83. The summed E-state index contributed by atoms with van der Waals surface area (Å²) in [6.07, 6.45) is 3.93. The van der Waals surface area contributed by atoms with Crippen molar-refractivity contribution in [3.8, 4) is 0 Å². The van der Waals surface area contributed by atoms with Gasteiger partial charge in [0.15, 0.2) is 0 Å². The summed E-state index contributed by atoms with van der Waals surface area (Å²) in [4.78, 5) is 0. The number of hydrogen-bond donors (Lipinski definition) is 5. The summed E-state index contributed by atoms with van der Waals surface area (Å²) in [5, 5.41) is 3.28. The molecule has 0 unspecified atom stereocenters. The van der Waals surface area contributed by atoms with Crippen LogP contribution in [0.25, 0.3) is 0 Å². The van der Waals surface area contributed by atoms with Crippen LogP contribution < -0.4 is 15.6 Å². The van der Waals surface area contributed by atoms with Crippen molar-refractivity contribution in [1.29, 1.82) is 0 Å². The molecule has 0 fully saturated rings. The fraction of sp³-hybridized carbons (Fsp3) is 0.640. The van der Waals surface area contributed by atoms with Crippen molar-refractivity contribution >= 4 is 139 Å². The molecule has 0 aliphatic carbocycles. The number of benzene rings is 3. The standard InChI is InChI=1S/C17H22O2SSi.C13H22O3S2Si.C11H30O4SSi3.C9H24O3SSi2/c1-2-13-18-21(19-14-15-20,16-9-5-3-6-10-16)17-11-7-4-8-12-17;1-2-8-14-19(15-9-11-17,16-10-12-18)13-6-4-3-5-7-13;1-8-9-12-17(2,3)14-19(6,7)15-18(4,5)13-10-11-16;1-6-7-10-14(2,3)12-15(4,5)11-8-9-13/h3-12,20H,2,13-15H2,1H3;3-7,17-18H,2,8-12H2,1H3;16H,8-11H2,1-7H3;13H,6-9H2,1-5H3. The minimum Gasteiger partial charge on any atom is -0.415 e. The van der Waals surface area contributed by atoms with E-state index in [0.29, 0.717) is 69.3 Å². The Labute approximate surface area is 485 Å². The molecular formula is C50H98O12S5Si7. The molecule has 0 spiro atoms. The lowest BCUT2D eigenvalue weighted by Gasteiger charge is -2.37. The molecule has 428 valence electrons. The molecule has 0 atom stereocenters.